The fourth-order valence-corrected chi connectivity index (χ4v) is 18.1. The number of fused-ring (bicyclic) bond motifs is 22. The molecule has 1 atom stereocenters. The van der Waals surface area contributed by atoms with Gasteiger partial charge < -0.3 is 9.47 Å². The highest BCUT2D eigenvalue weighted by Gasteiger charge is 2.54. The van der Waals surface area contributed by atoms with Crippen LogP contribution < -0.4 is 9.47 Å². The molecule has 0 saturated heterocycles. The van der Waals surface area contributed by atoms with E-state index in [4.69, 9.17) is 34.4 Å². The molecular formula is C102H63N5O2. The van der Waals surface area contributed by atoms with Crippen molar-refractivity contribution in [3.63, 3.8) is 0 Å². The van der Waals surface area contributed by atoms with Crippen LogP contribution in [-0.2, 0) is 10.8 Å². The van der Waals surface area contributed by atoms with Gasteiger partial charge in [-0.2, -0.15) is 0 Å². The Labute approximate surface area is 630 Å². The smallest absolute Gasteiger partial charge is 0.164 e. The van der Waals surface area contributed by atoms with Gasteiger partial charge in [0, 0.05) is 77.5 Å². The summed E-state index contributed by atoms with van der Waals surface area (Å²) in [5.74, 6) is 5.79. The van der Waals surface area contributed by atoms with Gasteiger partial charge in [-0.3, -0.25) is 0 Å². The molecule has 7 nitrogen and oxygen atoms in total. The van der Waals surface area contributed by atoms with Crippen molar-refractivity contribution in [1.29, 1.82) is 0 Å². The molecule has 0 N–H and O–H groups in total. The van der Waals surface area contributed by atoms with Crippen molar-refractivity contribution >= 4 is 21.5 Å². The molecule has 109 heavy (non-hydrogen) atoms. The predicted molar refractivity (Wildman–Crippen MR) is 439 cm³/mol. The van der Waals surface area contributed by atoms with Gasteiger partial charge in [-0.1, -0.05) is 351 Å². The fourth-order valence-electron chi connectivity index (χ4n) is 18.1. The maximum Gasteiger partial charge on any atom is 0.164 e. The van der Waals surface area contributed by atoms with E-state index in [9.17, 15) is 0 Å². The second-order valence-corrected chi connectivity index (χ2v) is 28.9. The monoisotopic (exact) mass is 1390 g/mol. The van der Waals surface area contributed by atoms with Crippen LogP contribution in [0.15, 0.2) is 364 Å². The number of rotatable bonds is 9. The molecule has 4 heterocycles. The molecule has 2 aliphatic heterocycles. The maximum atomic E-state index is 7.61. The molecule has 0 amide bonds. The third-order valence-corrected chi connectivity index (χ3v) is 23.0. The summed E-state index contributed by atoms with van der Waals surface area (Å²) in [7, 11) is 0. The molecule has 4 aliphatic rings. The number of aromatic nitrogens is 5. The van der Waals surface area contributed by atoms with Gasteiger partial charge in [0.2, 0.25) is 0 Å². The van der Waals surface area contributed by atoms with Crippen molar-refractivity contribution in [3.8, 4) is 147 Å². The molecule has 2 spiro atoms. The average molecular weight is 1390 g/mol. The highest BCUT2D eigenvalue weighted by molar-refractivity contribution is 6.02. The lowest BCUT2D eigenvalue weighted by molar-refractivity contribution is 0.443. The van der Waals surface area contributed by atoms with Crippen LogP contribution in [-0.4, -0.2) is 24.9 Å². The summed E-state index contributed by atoms with van der Waals surface area (Å²) in [6.45, 7) is 2.12. The zero-order valence-corrected chi connectivity index (χ0v) is 59.2. The second kappa shape index (κ2) is 24.4. The molecule has 0 radical (unpaired) electrons. The van der Waals surface area contributed by atoms with Crippen LogP contribution in [0.4, 0.5) is 0 Å². The normalized spacial score (nSPS) is 14.2. The Kier molecular flexibility index (Phi) is 13.9. The SMILES string of the molecule is Cc1ccc(-c2cc(-c3ccc(-c4cccc5c4Oc4c(ccc6ccccc46)C54c5ccccc5-c5ccccc54)cc3)nc(-c3cccc(-c4cccc5c4-c4ccccc4C54c5cccc(-c6cccc(-c7nc(-c8ccccc8)nc(-c8ccccc8)n7)c6)c5Oc5c4ccc4ccccc54)c3)n2)cc1. The molecule has 2 aromatic heterocycles. The Bertz CT molecular complexity index is 6710. The first-order valence-electron chi connectivity index (χ1n) is 37.2. The minimum Gasteiger partial charge on any atom is -0.455 e. The van der Waals surface area contributed by atoms with Crippen LogP contribution in [0.1, 0.15) is 50.1 Å². The van der Waals surface area contributed by atoms with Crippen LogP contribution in [0.3, 0.4) is 0 Å². The van der Waals surface area contributed by atoms with Crippen LogP contribution in [0.2, 0.25) is 0 Å². The molecule has 508 valence electrons. The molecule has 1 unspecified atom stereocenters. The predicted octanol–water partition coefficient (Wildman–Crippen LogP) is 25.2. The molecule has 2 aliphatic carbocycles. The summed E-state index contributed by atoms with van der Waals surface area (Å²) in [4.78, 5) is 26.4. The first-order valence-corrected chi connectivity index (χ1v) is 37.2. The fraction of sp³-hybridized carbons (Fsp3) is 0.0294. The van der Waals surface area contributed by atoms with Gasteiger partial charge >= 0.3 is 0 Å². The van der Waals surface area contributed by atoms with E-state index in [2.05, 4.69) is 310 Å². The number of hydrogen-bond acceptors (Lipinski definition) is 7. The van der Waals surface area contributed by atoms with E-state index in [-0.39, 0.29) is 0 Å². The number of benzene rings is 16. The van der Waals surface area contributed by atoms with Gasteiger partial charge in [0.05, 0.1) is 22.2 Å². The Morgan fingerprint density at radius 3 is 1.10 bits per heavy atom. The summed E-state index contributed by atoms with van der Waals surface area (Å²) in [6.07, 6.45) is 0. The number of nitrogens with zero attached hydrogens (tertiary/aromatic N) is 5. The van der Waals surface area contributed by atoms with E-state index >= 15 is 0 Å². The summed E-state index contributed by atoms with van der Waals surface area (Å²) in [6, 6.07) is 131. The van der Waals surface area contributed by atoms with Crippen LogP contribution in [0.5, 0.6) is 23.0 Å². The van der Waals surface area contributed by atoms with Crippen LogP contribution in [0, 0.1) is 6.92 Å². The summed E-state index contributed by atoms with van der Waals surface area (Å²) in [5, 5.41) is 4.36. The van der Waals surface area contributed by atoms with Gasteiger partial charge in [-0.25, -0.2) is 24.9 Å². The zero-order chi connectivity index (χ0) is 71.9. The lowest BCUT2D eigenvalue weighted by Gasteiger charge is -2.40. The van der Waals surface area contributed by atoms with Gasteiger partial charge in [0.25, 0.3) is 0 Å². The molecule has 7 heteroatoms. The average Bonchev–Trinajstić information content (AvgIpc) is 1.54. The highest BCUT2D eigenvalue weighted by Crippen LogP contribution is 2.67. The second-order valence-electron chi connectivity index (χ2n) is 28.9. The molecule has 0 saturated carbocycles. The minimum absolute atomic E-state index is 0.579. The van der Waals surface area contributed by atoms with E-state index < -0.39 is 10.8 Å². The minimum atomic E-state index is -0.816. The lowest BCUT2D eigenvalue weighted by atomic mass is 9.65. The Hall–Kier alpha value is -14.3. The summed E-state index contributed by atoms with van der Waals surface area (Å²) < 4.78 is 15.0. The van der Waals surface area contributed by atoms with Crippen LogP contribution >= 0.6 is 0 Å². The van der Waals surface area contributed by atoms with Gasteiger partial charge in [-0.05, 0) is 103 Å². The third kappa shape index (κ3) is 9.46. The summed E-state index contributed by atoms with van der Waals surface area (Å²) in [5.41, 5.74) is 27.2. The van der Waals surface area contributed by atoms with Gasteiger partial charge in [0.1, 0.15) is 23.0 Å². The lowest BCUT2D eigenvalue weighted by Crippen LogP contribution is -2.32. The van der Waals surface area contributed by atoms with E-state index in [0.717, 1.165) is 151 Å². The number of aryl methyl sites for hydroxylation is 1. The first kappa shape index (κ1) is 62.1. The maximum absolute atomic E-state index is 7.61. The topological polar surface area (TPSA) is 82.9 Å². The van der Waals surface area contributed by atoms with Crippen molar-refractivity contribution in [2.75, 3.05) is 0 Å². The zero-order valence-electron chi connectivity index (χ0n) is 59.2. The standard InChI is InChI=1S/C102H63N5O2/c1-62-47-49-66(50-48-62)90-61-91(67-53-51-65(52-54-67)77-39-21-45-86-93(77)108-94-75-33-10-8-23-63(75)55-57-88(94)101(86)82-41-15-12-35-79(82)80-36-13-16-42-83(80)101)104-99(103-90)72-31-18-29-70(59-72)74-38-20-44-85-92(74)81-37-14-17-43-84(81)102(85)87-46-22-40-78(96(87)109-95-76-34-11-9-24-64(76)56-58-89(95)102)71-30-19-32-73(60-71)100-106-97(68-25-4-2-5-26-68)105-98(107-100)69-27-6-3-7-28-69/h2-61H,1H3. The van der Waals surface area contributed by atoms with Crippen molar-refractivity contribution in [2.24, 2.45) is 0 Å². The summed E-state index contributed by atoms with van der Waals surface area (Å²) >= 11 is 0. The van der Waals surface area contributed by atoms with E-state index in [1.807, 2.05) is 60.7 Å². The van der Waals surface area contributed by atoms with E-state index in [0.29, 0.717) is 23.3 Å². The molecule has 18 aromatic rings. The number of ether oxygens (including phenoxy) is 2. The number of para-hydroxylation sites is 2. The third-order valence-electron chi connectivity index (χ3n) is 23.0. The molecule has 0 fully saturated rings. The van der Waals surface area contributed by atoms with Crippen molar-refractivity contribution in [2.45, 2.75) is 17.8 Å². The van der Waals surface area contributed by atoms with Crippen LogP contribution in [0.25, 0.3) is 145 Å². The van der Waals surface area contributed by atoms with Crippen molar-refractivity contribution < 1.29 is 9.47 Å². The Balaban J connectivity index is 0.670. The van der Waals surface area contributed by atoms with Gasteiger partial charge in [-0.15, -0.1) is 0 Å². The van der Waals surface area contributed by atoms with E-state index in [1.165, 1.54) is 44.5 Å². The Morgan fingerprint density at radius 2 is 0.560 bits per heavy atom. The molecule has 22 rings (SSSR count). The van der Waals surface area contributed by atoms with E-state index in [1.54, 1.807) is 0 Å². The van der Waals surface area contributed by atoms with Crippen molar-refractivity contribution in [1.82, 2.24) is 24.9 Å². The quantitative estimate of drug-likeness (QED) is 0.142. The van der Waals surface area contributed by atoms with Crippen molar-refractivity contribution in [3.05, 3.63) is 414 Å². The first-order chi connectivity index (χ1) is 53.9. The van der Waals surface area contributed by atoms with Gasteiger partial charge in [0.15, 0.2) is 23.3 Å². The molecule has 16 aromatic carbocycles. The molecular weight excluding hydrogens is 1330 g/mol. The number of hydrogen-bond donors (Lipinski definition) is 0. The molecule has 0 bridgehead atoms. The highest BCUT2D eigenvalue weighted by atomic mass is 16.5. The largest absolute Gasteiger partial charge is 0.455 e. The Morgan fingerprint density at radius 1 is 0.211 bits per heavy atom.